The molecule has 4 nitrogen and oxygen atoms in total. The number of nitrogens with one attached hydrogen (secondary N) is 1. The Morgan fingerprint density at radius 2 is 2.24 bits per heavy atom. The average molecular weight is 340 g/mol. The van der Waals surface area contributed by atoms with Gasteiger partial charge < -0.3 is 11.1 Å². The maximum absolute atomic E-state index is 11.8. The van der Waals surface area contributed by atoms with Gasteiger partial charge in [0.2, 0.25) is 0 Å². The number of anilines is 2. The zero-order valence-electron chi connectivity index (χ0n) is 11.4. The lowest BCUT2D eigenvalue weighted by molar-refractivity contribution is 0.0993. The molecule has 0 saturated carbocycles. The van der Waals surface area contributed by atoms with Crippen LogP contribution in [0, 0.1) is 11.3 Å². The second kappa shape index (κ2) is 6.94. The number of nitrogen functional groups attached to an aromatic ring is 1. The topological polar surface area (TPSA) is 78.9 Å². The van der Waals surface area contributed by atoms with Gasteiger partial charge >= 0.3 is 0 Å². The van der Waals surface area contributed by atoms with Crippen molar-refractivity contribution in [2.24, 2.45) is 0 Å². The number of Topliss-reactive ketones (excluding diaryl/α,β-unsaturated/α-hetero) is 1. The van der Waals surface area contributed by atoms with Crippen molar-refractivity contribution >= 4 is 50.7 Å². The van der Waals surface area contributed by atoms with Gasteiger partial charge in [0.15, 0.2) is 5.78 Å². The van der Waals surface area contributed by atoms with Gasteiger partial charge in [0.25, 0.3) is 0 Å². The zero-order chi connectivity index (χ0) is 15.4. The zero-order valence-corrected chi connectivity index (χ0v) is 13.8. The van der Waals surface area contributed by atoms with Crippen LogP contribution in [0.1, 0.15) is 33.5 Å². The molecule has 0 aliphatic heterocycles. The standard InChI is InChI=1S/C14H14ClN3OS2/c1-2-10(19)13-12(17)9(7-16)14(21-13)18-6-5-8-3-4-11(15)20-8/h3-4,18H,2,5-6,17H2,1H3. The van der Waals surface area contributed by atoms with Gasteiger partial charge in [0, 0.05) is 17.8 Å². The van der Waals surface area contributed by atoms with Crippen molar-refractivity contribution in [3.05, 3.63) is 31.8 Å². The van der Waals surface area contributed by atoms with E-state index in [2.05, 4.69) is 11.4 Å². The molecule has 0 amide bonds. The van der Waals surface area contributed by atoms with Crippen LogP contribution in [0.15, 0.2) is 12.1 Å². The second-order valence-corrected chi connectivity index (χ2v) is 7.14. The van der Waals surface area contributed by atoms with Gasteiger partial charge in [-0.15, -0.1) is 22.7 Å². The van der Waals surface area contributed by atoms with Crippen molar-refractivity contribution in [1.29, 1.82) is 5.26 Å². The molecule has 0 radical (unpaired) electrons. The highest BCUT2D eigenvalue weighted by atomic mass is 35.5. The molecule has 0 aliphatic carbocycles. The van der Waals surface area contributed by atoms with Gasteiger partial charge in [-0.1, -0.05) is 18.5 Å². The molecule has 0 unspecified atom stereocenters. The van der Waals surface area contributed by atoms with Crippen molar-refractivity contribution in [2.45, 2.75) is 19.8 Å². The number of nitriles is 1. The van der Waals surface area contributed by atoms with Crippen LogP contribution in [0.3, 0.4) is 0 Å². The fraction of sp³-hybridized carbons (Fsp3) is 0.286. The van der Waals surface area contributed by atoms with Crippen LogP contribution >= 0.6 is 34.3 Å². The van der Waals surface area contributed by atoms with Crippen LogP contribution in [0.25, 0.3) is 0 Å². The van der Waals surface area contributed by atoms with E-state index in [1.54, 1.807) is 6.92 Å². The predicted molar refractivity (Wildman–Crippen MR) is 89.6 cm³/mol. The summed E-state index contributed by atoms with van der Waals surface area (Å²) in [6.45, 7) is 2.44. The highest BCUT2D eigenvalue weighted by Crippen LogP contribution is 2.36. The van der Waals surface area contributed by atoms with Crippen molar-refractivity contribution in [3.63, 3.8) is 0 Å². The SMILES string of the molecule is CCC(=O)c1sc(NCCc2ccc(Cl)s2)c(C#N)c1N. The third-order valence-electron chi connectivity index (χ3n) is 2.92. The van der Waals surface area contributed by atoms with E-state index in [4.69, 9.17) is 17.3 Å². The molecule has 0 aromatic carbocycles. The highest BCUT2D eigenvalue weighted by Gasteiger charge is 2.19. The second-order valence-electron chi connectivity index (χ2n) is 4.32. The first-order valence-electron chi connectivity index (χ1n) is 6.40. The number of nitrogens with two attached hydrogens (primary N) is 1. The highest BCUT2D eigenvalue weighted by molar-refractivity contribution is 7.19. The smallest absolute Gasteiger partial charge is 0.174 e. The van der Waals surface area contributed by atoms with Gasteiger partial charge in [-0.05, 0) is 18.6 Å². The Bertz CT molecular complexity index is 700. The first-order chi connectivity index (χ1) is 10.1. The molecule has 0 spiro atoms. The van der Waals surface area contributed by atoms with Crippen LogP contribution in [-0.4, -0.2) is 12.3 Å². The van der Waals surface area contributed by atoms with Crippen LogP contribution < -0.4 is 11.1 Å². The third-order valence-corrected chi connectivity index (χ3v) is 5.41. The maximum atomic E-state index is 11.8. The number of nitrogens with zero attached hydrogens (tertiary/aromatic N) is 1. The number of carbonyl (C=O) groups excluding carboxylic acids is 1. The van der Waals surface area contributed by atoms with E-state index in [1.165, 1.54) is 27.6 Å². The van der Waals surface area contributed by atoms with Crippen LogP contribution in [0.2, 0.25) is 4.34 Å². The Hall–Kier alpha value is -1.55. The Kier molecular flexibility index (Phi) is 5.23. The fourth-order valence-corrected chi connectivity index (χ4v) is 4.03. The van der Waals surface area contributed by atoms with E-state index in [1.807, 2.05) is 12.1 Å². The van der Waals surface area contributed by atoms with Gasteiger partial charge in [-0.25, -0.2) is 0 Å². The molecule has 0 fully saturated rings. The summed E-state index contributed by atoms with van der Waals surface area (Å²) in [5.74, 6) is -0.0351. The monoisotopic (exact) mass is 339 g/mol. The molecule has 110 valence electrons. The van der Waals surface area contributed by atoms with Crippen LogP contribution in [-0.2, 0) is 6.42 Å². The maximum Gasteiger partial charge on any atom is 0.174 e. The fourth-order valence-electron chi connectivity index (χ4n) is 1.83. The molecule has 7 heteroatoms. The number of ketones is 1. The summed E-state index contributed by atoms with van der Waals surface area (Å²) >= 11 is 8.67. The minimum Gasteiger partial charge on any atom is -0.396 e. The molecule has 3 N–H and O–H groups in total. The summed E-state index contributed by atoms with van der Waals surface area (Å²) in [4.78, 5) is 13.4. The van der Waals surface area contributed by atoms with Gasteiger partial charge in [-0.3, -0.25) is 4.79 Å². The molecule has 0 saturated heterocycles. The molecular formula is C14H14ClN3OS2. The van der Waals surface area contributed by atoms with E-state index in [-0.39, 0.29) is 11.5 Å². The number of hydrogen-bond donors (Lipinski definition) is 2. The summed E-state index contributed by atoms with van der Waals surface area (Å²) in [7, 11) is 0. The molecule has 21 heavy (non-hydrogen) atoms. The van der Waals surface area contributed by atoms with Crippen molar-refractivity contribution in [2.75, 3.05) is 17.6 Å². The quantitative estimate of drug-likeness (QED) is 0.774. The first kappa shape index (κ1) is 15.8. The largest absolute Gasteiger partial charge is 0.396 e. The summed E-state index contributed by atoms with van der Waals surface area (Å²) in [5, 5.41) is 13.0. The van der Waals surface area contributed by atoms with Crippen molar-refractivity contribution < 1.29 is 4.79 Å². The van der Waals surface area contributed by atoms with E-state index in [9.17, 15) is 10.1 Å². The lowest BCUT2D eigenvalue weighted by atomic mass is 10.2. The number of halogens is 1. The number of hydrogen-bond acceptors (Lipinski definition) is 6. The molecule has 0 atom stereocenters. The summed E-state index contributed by atoms with van der Waals surface area (Å²) in [6, 6.07) is 5.91. The van der Waals surface area contributed by atoms with Crippen LogP contribution in [0.5, 0.6) is 0 Å². The van der Waals surface area contributed by atoms with E-state index in [0.717, 1.165) is 10.8 Å². The van der Waals surface area contributed by atoms with Crippen LogP contribution in [0.4, 0.5) is 10.7 Å². The Labute approximate surface area is 136 Å². The summed E-state index contributed by atoms with van der Waals surface area (Å²) in [5.41, 5.74) is 6.54. The molecule has 2 heterocycles. The predicted octanol–water partition coefficient (Wildman–Crippen LogP) is 4.16. The Morgan fingerprint density at radius 3 is 2.81 bits per heavy atom. The third kappa shape index (κ3) is 3.56. The number of thiophene rings is 2. The van der Waals surface area contributed by atoms with E-state index >= 15 is 0 Å². The normalized spacial score (nSPS) is 10.3. The van der Waals surface area contributed by atoms with Gasteiger partial charge in [0.1, 0.15) is 16.6 Å². The average Bonchev–Trinajstić information content (AvgIpc) is 3.02. The Balaban J connectivity index is 2.09. The molecule has 2 aromatic rings. The lowest BCUT2D eigenvalue weighted by Crippen LogP contribution is -2.03. The van der Waals surface area contributed by atoms with Gasteiger partial charge in [-0.2, -0.15) is 5.26 Å². The Morgan fingerprint density at radius 1 is 1.48 bits per heavy atom. The van der Waals surface area contributed by atoms with Crippen molar-refractivity contribution in [1.82, 2.24) is 0 Å². The number of carbonyl (C=O) groups is 1. The summed E-state index contributed by atoms with van der Waals surface area (Å²) < 4.78 is 0.763. The summed E-state index contributed by atoms with van der Waals surface area (Å²) in [6.07, 6.45) is 1.18. The minimum atomic E-state index is -0.0351. The van der Waals surface area contributed by atoms with Gasteiger partial charge in [0.05, 0.1) is 14.9 Å². The number of rotatable bonds is 6. The van der Waals surface area contributed by atoms with Crippen molar-refractivity contribution in [3.8, 4) is 6.07 Å². The van der Waals surface area contributed by atoms with E-state index in [0.29, 0.717) is 28.4 Å². The molecule has 0 aliphatic rings. The lowest BCUT2D eigenvalue weighted by Gasteiger charge is -2.02. The first-order valence-corrected chi connectivity index (χ1v) is 8.41. The van der Waals surface area contributed by atoms with E-state index < -0.39 is 0 Å². The minimum absolute atomic E-state index is 0.0351. The molecule has 2 rings (SSSR count). The molecular weight excluding hydrogens is 326 g/mol. The molecule has 2 aromatic heterocycles. The molecule has 0 bridgehead atoms.